The highest BCUT2D eigenvalue weighted by molar-refractivity contribution is 7.09. The second-order valence-corrected chi connectivity index (χ2v) is 6.61. The molecule has 1 N–H and O–H groups in total. The lowest BCUT2D eigenvalue weighted by Gasteiger charge is -2.12. The van der Waals surface area contributed by atoms with Crippen molar-refractivity contribution in [2.24, 2.45) is 0 Å². The van der Waals surface area contributed by atoms with Crippen molar-refractivity contribution in [3.8, 4) is 0 Å². The minimum absolute atomic E-state index is 0.170. The maximum atomic E-state index is 5.73. The van der Waals surface area contributed by atoms with Gasteiger partial charge < -0.3 is 9.73 Å². The van der Waals surface area contributed by atoms with Gasteiger partial charge in [0.2, 0.25) is 0 Å². The molecule has 3 aromatic rings. The van der Waals surface area contributed by atoms with Gasteiger partial charge in [0.25, 0.3) is 0 Å². The van der Waals surface area contributed by atoms with Gasteiger partial charge in [0, 0.05) is 17.0 Å². The fourth-order valence-corrected chi connectivity index (χ4v) is 2.89. The van der Waals surface area contributed by atoms with Crippen molar-refractivity contribution in [3.05, 3.63) is 40.2 Å². The summed E-state index contributed by atoms with van der Waals surface area (Å²) in [4.78, 5) is 9.06. The predicted molar refractivity (Wildman–Crippen MR) is 87.0 cm³/mol. The molecule has 0 amide bonds. The smallest absolute Gasteiger partial charge is 0.198 e. The third-order valence-electron chi connectivity index (χ3n) is 3.36. The highest BCUT2D eigenvalue weighted by Gasteiger charge is 2.12. The summed E-state index contributed by atoms with van der Waals surface area (Å²) in [6.07, 6.45) is 0. The molecular formula is C16H19N3OS. The number of aryl methyl sites for hydroxylation is 1. The Morgan fingerprint density at radius 3 is 2.67 bits per heavy atom. The fraction of sp³-hybridized carbons (Fsp3) is 0.375. The highest BCUT2D eigenvalue weighted by atomic mass is 32.1. The van der Waals surface area contributed by atoms with E-state index >= 15 is 0 Å². The van der Waals surface area contributed by atoms with E-state index < -0.39 is 0 Å². The summed E-state index contributed by atoms with van der Waals surface area (Å²) in [6, 6.07) is 6.19. The van der Waals surface area contributed by atoms with Crippen LogP contribution in [-0.4, -0.2) is 9.97 Å². The van der Waals surface area contributed by atoms with Crippen LogP contribution in [0.1, 0.15) is 49.3 Å². The average Bonchev–Trinajstić information content (AvgIpc) is 3.04. The van der Waals surface area contributed by atoms with Gasteiger partial charge in [0.15, 0.2) is 11.5 Å². The molecule has 1 unspecified atom stereocenters. The number of fused-ring (bicyclic) bond motifs is 1. The van der Waals surface area contributed by atoms with Crippen LogP contribution < -0.4 is 5.32 Å². The van der Waals surface area contributed by atoms with Gasteiger partial charge in [-0.1, -0.05) is 13.8 Å². The Hall–Kier alpha value is -1.88. The second-order valence-electron chi connectivity index (χ2n) is 5.55. The van der Waals surface area contributed by atoms with Crippen LogP contribution in [0, 0.1) is 6.92 Å². The van der Waals surface area contributed by atoms with Crippen molar-refractivity contribution in [1.82, 2.24) is 9.97 Å². The molecule has 21 heavy (non-hydrogen) atoms. The molecular weight excluding hydrogens is 282 g/mol. The summed E-state index contributed by atoms with van der Waals surface area (Å²) in [6.45, 7) is 8.30. The summed E-state index contributed by atoms with van der Waals surface area (Å²) in [5, 5.41) is 6.65. The molecule has 0 radical (unpaired) electrons. The van der Waals surface area contributed by atoms with E-state index in [2.05, 4.69) is 41.4 Å². The average molecular weight is 301 g/mol. The lowest BCUT2D eigenvalue weighted by molar-refractivity contribution is 0.501. The van der Waals surface area contributed by atoms with Gasteiger partial charge >= 0.3 is 0 Å². The number of benzene rings is 1. The normalized spacial score (nSPS) is 13.0. The molecule has 0 fully saturated rings. The van der Waals surface area contributed by atoms with Crippen molar-refractivity contribution >= 4 is 28.1 Å². The summed E-state index contributed by atoms with van der Waals surface area (Å²) in [5.41, 5.74) is 3.83. The third kappa shape index (κ3) is 2.93. The molecule has 0 spiro atoms. The van der Waals surface area contributed by atoms with E-state index in [0.29, 0.717) is 5.92 Å². The van der Waals surface area contributed by atoms with Gasteiger partial charge in [-0.15, -0.1) is 11.3 Å². The molecule has 0 aliphatic rings. The maximum Gasteiger partial charge on any atom is 0.198 e. The molecule has 0 aliphatic heterocycles. The molecule has 0 saturated carbocycles. The molecule has 1 atom stereocenters. The fourth-order valence-electron chi connectivity index (χ4n) is 2.18. The van der Waals surface area contributed by atoms with Crippen LogP contribution >= 0.6 is 11.3 Å². The molecule has 0 aliphatic carbocycles. The van der Waals surface area contributed by atoms with Gasteiger partial charge in [0.05, 0.1) is 16.7 Å². The van der Waals surface area contributed by atoms with Crippen molar-refractivity contribution in [1.29, 1.82) is 0 Å². The van der Waals surface area contributed by atoms with Crippen LogP contribution in [0.25, 0.3) is 11.1 Å². The van der Waals surface area contributed by atoms with Gasteiger partial charge in [-0.05, 0) is 32.0 Å². The molecule has 4 nitrogen and oxygen atoms in total. The van der Waals surface area contributed by atoms with Gasteiger partial charge in [-0.2, -0.15) is 0 Å². The Labute approximate surface area is 128 Å². The number of nitrogens with one attached hydrogen (secondary N) is 1. The Balaban J connectivity index is 1.83. The number of hydrogen-bond donors (Lipinski definition) is 1. The molecule has 1 aromatic carbocycles. The summed E-state index contributed by atoms with van der Waals surface area (Å²) >= 11 is 1.67. The molecule has 3 rings (SSSR count). The van der Waals surface area contributed by atoms with Crippen LogP contribution in [0.5, 0.6) is 0 Å². The Morgan fingerprint density at radius 1 is 1.19 bits per heavy atom. The topological polar surface area (TPSA) is 51.0 Å². The first-order valence-corrected chi connectivity index (χ1v) is 8.00. The molecule has 2 heterocycles. The summed E-state index contributed by atoms with van der Waals surface area (Å²) in [7, 11) is 0. The monoisotopic (exact) mass is 301 g/mol. The third-order valence-corrected chi connectivity index (χ3v) is 4.15. The Bertz CT molecular complexity index is 760. The zero-order valence-corrected chi connectivity index (χ0v) is 13.5. The van der Waals surface area contributed by atoms with Crippen LogP contribution in [-0.2, 0) is 0 Å². The minimum atomic E-state index is 0.170. The first-order chi connectivity index (χ1) is 10.0. The first kappa shape index (κ1) is 14.1. The molecule has 0 saturated heterocycles. The standard InChI is InChI=1S/C16H19N3OS/c1-9(2)16-19-13-7-12(5-6-15(13)20-16)17-10(3)14-8-21-11(4)18-14/h5-10,17H,1-4H3. The minimum Gasteiger partial charge on any atom is -0.440 e. The van der Waals surface area contributed by atoms with Gasteiger partial charge in [-0.25, -0.2) is 9.97 Å². The maximum absolute atomic E-state index is 5.73. The van der Waals surface area contributed by atoms with E-state index in [1.165, 1.54) is 0 Å². The van der Waals surface area contributed by atoms with Gasteiger partial charge in [0.1, 0.15) is 5.52 Å². The van der Waals surface area contributed by atoms with Gasteiger partial charge in [-0.3, -0.25) is 0 Å². The van der Waals surface area contributed by atoms with E-state index in [1.54, 1.807) is 11.3 Å². The van der Waals surface area contributed by atoms with Crippen LogP contribution in [0.4, 0.5) is 5.69 Å². The number of nitrogens with zero attached hydrogens (tertiary/aromatic N) is 2. The van der Waals surface area contributed by atoms with Crippen LogP contribution in [0.2, 0.25) is 0 Å². The highest BCUT2D eigenvalue weighted by Crippen LogP contribution is 2.26. The number of oxazole rings is 1. The summed E-state index contributed by atoms with van der Waals surface area (Å²) < 4.78 is 5.73. The zero-order chi connectivity index (χ0) is 15.0. The number of thiazole rings is 1. The van der Waals surface area contributed by atoms with Crippen molar-refractivity contribution in [2.75, 3.05) is 5.32 Å². The lowest BCUT2D eigenvalue weighted by atomic mass is 10.2. The predicted octanol–water partition coefficient (Wildman–Crippen LogP) is 4.89. The quantitative estimate of drug-likeness (QED) is 0.745. The first-order valence-electron chi connectivity index (χ1n) is 7.12. The van der Waals surface area contributed by atoms with Crippen molar-refractivity contribution in [3.63, 3.8) is 0 Å². The van der Waals surface area contributed by atoms with E-state index in [1.807, 2.05) is 25.1 Å². The van der Waals surface area contributed by atoms with Crippen molar-refractivity contribution < 1.29 is 4.42 Å². The van der Waals surface area contributed by atoms with E-state index in [9.17, 15) is 0 Å². The number of aromatic nitrogens is 2. The molecule has 2 aromatic heterocycles. The molecule has 110 valence electrons. The molecule has 0 bridgehead atoms. The van der Waals surface area contributed by atoms with E-state index in [4.69, 9.17) is 4.42 Å². The SMILES string of the molecule is Cc1nc(C(C)Nc2ccc3oc(C(C)C)nc3c2)cs1. The zero-order valence-electron chi connectivity index (χ0n) is 12.7. The number of rotatable bonds is 4. The molecule has 5 heteroatoms. The number of hydrogen-bond acceptors (Lipinski definition) is 5. The van der Waals surface area contributed by atoms with E-state index in [-0.39, 0.29) is 6.04 Å². The largest absolute Gasteiger partial charge is 0.440 e. The van der Waals surface area contributed by atoms with Crippen molar-refractivity contribution in [2.45, 2.75) is 39.7 Å². The Morgan fingerprint density at radius 2 is 2.00 bits per heavy atom. The Kier molecular flexibility index (Phi) is 3.68. The van der Waals surface area contributed by atoms with E-state index in [0.717, 1.165) is 33.4 Å². The van der Waals surface area contributed by atoms with Crippen LogP contribution in [0.3, 0.4) is 0 Å². The summed E-state index contributed by atoms with van der Waals surface area (Å²) in [5.74, 6) is 1.08. The van der Waals surface area contributed by atoms with Crippen LogP contribution in [0.15, 0.2) is 28.0 Å². The lowest BCUT2D eigenvalue weighted by Crippen LogP contribution is -2.06. The number of anilines is 1. The second kappa shape index (κ2) is 5.48.